The van der Waals surface area contributed by atoms with Gasteiger partial charge in [-0.05, 0) is 36.2 Å². The molecule has 0 aliphatic rings. The molecule has 0 amide bonds. The summed E-state index contributed by atoms with van der Waals surface area (Å²) in [5.74, 6) is 0.838. The normalized spacial score (nSPS) is 10.2. The summed E-state index contributed by atoms with van der Waals surface area (Å²) < 4.78 is 7.37. The Bertz CT molecular complexity index is 722. The quantitative estimate of drug-likeness (QED) is 0.708. The largest absolute Gasteiger partial charge is 0.487 e. The summed E-state index contributed by atoms with van der Waals surface area (Å²) in [7, 11) is 0. The van der Waals surface area contributed by atoms with Gasteiger partial charge in [0.05, 0.1) is 11.9 Å². The van der Waals surface area contributed by atoms with Gasteiger partial charge in [0, 0.05) is 0 Å². The van der Waals surface area contributed by atoms with Crippen LogP contribution in [0.4, 0.5) is 0 Å². The average molecular weight is 318 g/mol. The molecule has 116 valence electrons. The fourth-order valence-electron chi connectivity index (χ4n) is 1.96. The van der Waals surface area contributed by atoms with Crippen molar-refractivity contribution < 1.29 is 4.74 Å². The van der Waals surface area contributed by atoms with Crippen molar-refractivity contribution in [2.45, 2.75) is 33.8 Å². The van der Waals surface area contributed by atoms with Crippen LogP contribution in [0.1, 0.15) is 32.0 Å². The minimum absolute atomic E-state index is 0.409. The van der Waals surface area contributed by atoms with Crippen LogP contribution in [0.25, 0.3) is 5.65 Å². The van der Waals surface area contributed by atoms with Gasteiger partial charge in [0.2, 0.25) is 0 Å². The van der Waals surface area contributed by atoms with Crippen LogP contribution in [0.5, 0.6) is 5.75 Å². The third kappa shape index (κ3) is 3.98. The van der Waals surface area contributed by atoms with E-state index in [0.29, 0.717) is 11.8 Å². The molecular weight excluding hydrogens is 298 g/mol. The summed E-state index contributed by atoms with van der Waals surface area (Å²) in [6, 6.07) is 11.6. The van der Waals surface area contributed by atoms with E-state index in [9.17, 15) is 0 Å². The molecule has 0 saturated carbocycles. The minimum atomic E-state index is 0.409. The van der Waals surface area contributed by atoms with Crippen LogP contribution in [0.3, 0.4) is 0 Å². The van der Waals surface area contributed by atoms with Crippen molar-refractivity contribution in [1.29, 1.82) is 0 Å². The SMILES string of the molecule is CC.CCc1ccc(OCc2cn3nc(Cl)ccc3n2)cc1. The van der Waals surface area contributed by atoms with Crippen LogP contribution in [0.2, 0.25) is 5.15 Å². The average Bonchev–Trinajstić information content (AvgIpc) is 2.97. The molecule has 2 heterocycles. The molecule has 0 spiro atoms. The van der Waals surface area contributed by atoms with Gasteiger partial charge in [-0.3, -0.25) is 0 Å². The lowest BCUT2D eigenvalue weighted by molar-refractivity contribution is 0.302. The summed E-state index contributed by atoms with van der Waals surface area (Å²) >= 11 is 5.84. The van der Waals surface area contributed by atoms with Crippen molar-refractivity contribution in [3.63, 3.8) is 0 Å². The molecule has 3 aromatic rings. The number of imidazole rings is 1. The Labute approximate surface area is 135 Å². The monoisotopic (exact) mass is 317 g/mol. The van der Waals surface area contributed by atoms with Crippen molar-refractivity contribution in [2.75, 3.05) is 0 Å². The van der Waals surface area contributed by atoms with E-state index >= 15 is 0 Å². The molecule has 0 aliphatic carbocycles. The summed E-state index contributed by atoms with van der Waals surface area (Å²) in [5, 5.41) is 4.58. The maximum absolute atomic E-state index is 5.84. The Hall–Kier alpha value is -2.07. The molecule has 0 atom stereocenters. The predicted molar refractivity (Wildman–Crippen MR) is 89.5 cm³/mol. The molecule has 5 heteroatoms. The van der Waals surface area contributed by atoms with Crippen LogP contribution < -0.4 is 4.74 Å². The Morgan fingerprint density at radius 3 is 2.50 bits per heavy atom. The standard InChI is InChI=1S/C15H14ClN3O.C2H6/c1-2-11-3-5-13(6-4-11)20-10-12-9-19-15(17-12)8-7-14(16)18-19;1-2/h3-9H,2,10H2,1H3;1-2H3. The highest BCUT2D eigenvalue weighted by Crippen LogP contribution is 2.15. The first-order chi connectivity index (χ1) is 10.7. The molecular formula is C17H20ClN3O. The summed E-state index contributed by atoms with van der Waals surface area (Å²) in [4.78, 5) is 4.42. The molecule has 0 fully saturated rings. The second-order valence-corrected chi connectivity index (χ2v) is 4.86. The number of halogens is 1. The van der Waals surface area contributed by atoms with E-state index in [1.54, 1.807) is 10.6 Å². The van der Waals surface area contributed by atoms with Gasteiger partial charge < -0.3 is 4.74 Å². The molecule has 2 aromatic heterocycles. The van der Waals surface area contributed by atoms with Crippen molar-refractivity contribution in [3.8, 4) is 5.75 Å². The predicted octanol–water partition coefficient (Wildman–Crippen LogP) is 4.55. The molecule has 0 N–H and O–H groups in total. The van der Waals surface area contributed by atoms with E-state index in [-0.39, 0.29) is 0 Å². The van der Waals surface area contributed by atoms with Crippen molar-refractivity contribution in [1.82, 2.24) is 14.6 Å². The number of fused-ring (bicyclic) bond motifs is 1. The fraction of sp³-hybridized carbons (Fsp3) is 0.294. The number of ether oxygens (including phenoxy) is 1. The van der Waals surface area contributed by atoms with Crippen LogP contribution in [-0.2, 0) is 13.0 Å². The van der Waals surface area contributed by atoms with Gasteiger partial charge in [-0.15, -0.1) is 0 Å². The molecule has 1 aromatic carbocycles. The van der Waals surface area contributed by atoms with E-state index in [4.69, 9.17) is 16.3 Å². The van der Waals surface area contributed by atoms with Crippen LogP contribution >= 0.6 is 11.6 Å². The highest BCUT2D eigenvalue weighted by atomic mass is 35.5. The number of hydrogen-bond donors (Lipinski definition) is 0. The number of nitrogens with zero attached hydrogens (tertiary/aromatic N) is 3. The van der Waals surface area contributed by atoms with Crippen molar-refractivity contribution in [2.24, 2.45) is 0 Å². The van der Waals surface area contributed by atoms with Gasteiger partial charge in [0.1, 0.15) is 17.5 Å². The Balaban J connectivity index is 0.000000847. The number of hydrogen-bond acceptors (Lipinski definition) is 3. The topological polar surface area (TPSA) is 39.4 Å². The molecule has 3 rings (SSSR count). The molecule has 22 heavy (non-hydrogen) atoms. The zero-order chi connectivity index (χ0) is 15.9. The highest BCUT2D eigenvalue weighted by molar-refractivity contribution is 6.29. The van der Waals surface area contributed by atoms with Crippen LogP contribution in [-0.4, -0.2) is 14.6 Å². The summed E-state index contributed by atoms with van der Waals surface area (Å²) in [5.41, 5.74) is 2.87. The van der Waals surface area contributed by atoms with Gasteiger partial charge in [0.15, 0.2) is 5.65 Å². The number of rotatable bonds is 4. The van der Waals surface area contributed by atoms with Gasteiger partial charge in [-0.1, -0.05) is 44.5 Å². The molecule has 0 bridgehead atoms. The summed E-state index contributed by atoms with van der Waals surface area (Å²) in [6.07, 6.45) is 2.85. The first-order valence-electron chi connectivity index (χ1n) is 7.47. The lowest BCUT2D eigenvalue weighted by Crippen LogP contribution is -1.95. The van der Waals surface area contributed by atoms with Crippen LogP contribution in [0.15, 0.2) is 42.6 Å². The lowest BCUT2D eigenvalue weighted by Gasteiger charge is -2.04. The second-order valence-electron chi connectivity index (χ2n) is 4.48. The fourth-order valence-corrected chi connectivity index (χ4v) is 2.10. The third-order valence-corrected chi connectivity index (χ3v) is 3.26. The molecule has 0 saturated heterocycles. The zero-order valence-corrected chi connectivity index (χ0v) is 13.8. The summed E-state index contributed by atoms with van der Waals surface area (Å²) in [6.45, 7) is 6.54. The van der Waals surface area contributed by atoms with E-state index in [1.807, 2.05) is 38.2 Å². The van der Waals surface area contributed by atoms with E-state index in [2.05, 4.69) is 29.1 Å². The molecule has 0 unspecified atom stereocenters. The highest BCUT2D eigenvalue weighted by Gasteiger charge is 2.04. The van der Waals surface area contributed by atoms with Gasteiger partial charge in [-0.25, -0.2) is 9.50 Å². The van der Waals surface area contributed by atoms with Gasteiger partial charge >= 0.3 is 0 Å². The Morgan fingerprint density at radius 1 is 1.09 bits per heavy atom. The Kier molecular flexibility index (Phi) is 5.78. The minimum Gasteiger partial charge on any atom is -0.487 e. The number of benzene rings is 1. The zero-order valence-electron chi connectivity index (χ0n) is 13.1. The first-order valence-corrected chi connectivity index (χ1v) is 7.85. The molecule has 0 aliphatic heterocycles. The second kappa shape index (κ2) is 7.80. The van der Waals surface area contributed by atoms with Crippen LogP contribution in [0, 0.1) is 0 Å². The maximum Gasteiger partial charge on any atom is 0.154 e. The lowest BCUT2D eigenvalue weighted by atomic mass is 10.2. The number of aromatic nitrogens is 3. The first kappa shape index (κ1) is 16.3. The van der Waals surface area contributed by atoms with E-state index < -0.39 is 0 Å². The molecule has 4 nitrogen and oxygen atoms in total. The van der Waals surface area contributed by atoms with Crippen molar-refractivity contribution >= 4 is 17.2 Å². The van der Waals surface area contributed by atoms with E-state index in [0.717, 1.165) is 23.5 Å². The Morgan fingerprint density at radius 2 is 1.82 bits per heavy atom. The van der Waals surface area contributed by atoms with Gasteiger partial charge in [0.25, 0.3) is 0 Å². The van der Waals surface area contributed by atoms with Gasteiger partial charge in [-0.2, -0.15) is 5.10 Å². The van der Waals surface area contributed by atoms with Crippen molar-refractivity contribution in [3.05, 3.63) is 59.0 Å². The third-order valence-electron chi connectivity index (χ3n) is 3.06. The van der Waals surface area contributed by atoms with E-state index in [1.165, 1.54) is 5.56 Å². The molecule has 0 radical (unpaired) electrons. The smallest absolute Gasteiger partial charge is 0.154 e. The maximum atomic E-state index is 5.84. The number of aryl methyl sites for hydroxylation is 1.